The van der Waals surface area contributed by atoms with E-state index in [0.29, 0.717) is 36.0 Å². The lowest BCUT2D eigenvalue weighted by Gasteiger charge is -2.10. The molecule has 0 aliphatic carbocycles. The van der Waals surface area contributed by atoms with Gasteiger partial charge in [0.2, 0.25) is 5.91 Å². The fourth-order valence-corrected chi connectivity index (χ4v) is 2.44. The Morgan fingerprint density at radius 3 is 2.34 bits per heavy atom. The third-order valence-electron chi connectivity index (χ3n) is 3.90. The predicted molar refractivity (Wildman–Crippen MR) is 113 cm³/mol. The largest absolute Gasteiger partial charge is 0.493 e. The highest BCUT2D eigenvalue weighted by Crippen LogP contribution is 2.28. The smallest absolute Gasteiger partial charge is 0.338 e. The van der Waals surface area contributed by atoms with Gasteiger partial charge in [-0.1, -0.05) is 19.9 Å². The van der Waals surface area contributed by atoms with E-state index in [1.807, 2.05) is 32.0 Å². The molecule has 6 heteroatoms. The summed E-state index contributed by atoms with van der Waals surface area (Å²) in [5.74, 6) is 0.640. The minimum atomic E-state index is -0.370. The Morgan fingerprint density at radius 2 is 1.69 bits per heavy atom. The number of hydrogen-bond acceptors (Lipinski definition) is 5. The minimum absolute atomic E-state index is 0.281. The minimum Gasteiger partial charge on any atom is -0.493 e. The molecule has 0 atom stereocenters. The number of benzene rings is 2. The average molecular weight is 397 g/mol. The highest BCUT2D eigenvalue weighted by atomic mass is 16.5. The van der Waals surface area contributed by atoms with Crippen LogP contribution in [0.4, 0.5) is 5.69 Å². The number of amides is 1. The number of methoxy groups -OCH3 is 1. The first-order valence-electron chi connectivity index (χ1n) is 9.64. The van der Waals surface area contributed by atoms with Crippen LogP contribution >= 0.6 is 0 Å². The van der Waals surface area contributed by atoms with Gasteiger partial charge in [-0.3, -0.25) is 4.79 Å². The Labute approximate surface area is 171 Å². The second-order valence-corrected chi connectivity index (χ2v) is 6.29. The summed E-state index contributed by atoms with van der Waals surface area (Å²) in [5.41, 5.74) is 1.85. The molecule has 0 radical (unpaired) electrons. The van der Waals surface area contributed by atoms with E-state index in [4.69, 9.17) is 14.2 Å². The summed E-state index contributed by atoms with van der Waals surface area (Å²) in [6.45, 7) is 4.97. The number of carbonyl (C=O) groups is 2. The molecule has 0 aliphatic heterocycles. The molecule has 2 aromatic rings. The van der Waals surface area contributed by atoms with Crippen LogP contribution in [-0.4, -0.2) is 32.2 Å². The first-order chi connectivity index (χ1) is 14.1. The van der Waals surface area contributed by atoms with Crippen LogP contribution in [0.3, 0.4) is 0 Å². The summed E-state index contributed by atoms with van der Waals surface area (Å²) in [5, 5.41) is 2.76. The van der Waals surface area contributed by atoms with Crippen LogP contribution in [-0.2, 0) is 9.53 Å². The van der Waals surface area contributed by atoms with Crippen molar-refractivity contribution in [2.45, 2.75) is 26.7 Å². The molecule has 2 aromatic carbocycles. The van der Waals surface area contributed by atoms with Crippen molar-refractivity contribution in [1.82, 2.24) is 0 Å². The zero-order valence-corrected chi connectivity index (χ0v) is 17.1. The maximum absolute atomic E-state index is 12.2. The molecule has 154 valence electrons. The van der Waals surface area contributed by atoms with E-state index in [0.717, 1.165) is 18.4 Å². The second kappa shape index (κ2) is 11.5. The number of ether oxygens (including phenoxy) is 3. The quantitative estimate of drug-likeness (QED) is 0.465. The van der Waals surface area contributed by atoms with Gasteiger partial charge in [-0.2, -0.15) is 0 Å². The van der Waals surface area contributed by atoms with Crippen molar-refractivity contribution in [2.75, 3.05) is 25.6 Å². The van der Waals surface area contributed by atoms with Crippen molar-refractivity contribution in [2.24, 2.45) is 0 Å². The highest BCUT2D eigenvalue weighted by molar-refractivity contribution is 6.02. The van der Waals surface area contributed by atoms with E-state index in [1.165, 1.54) is 6.08 Å². The molecule has 0 spiro atoms. The SMILES string of the molecule is CCCOC(=O)c1ccc(NC(=O)/C=C/c2ccc(OCCC)c(OC)c2)cc1. The first kappa shape index (κ1) is 22.0. The predicted octanol–water partition coefficient (Wildman–Crippen LogP) is 4.70. The van der Waals surface area contributed by atoms with E-state index in [1.54, 1.807) is 37.5 Å². The van der Waals surface area contributed by atoms with Crippen molar-refractivity contribution in [3.8, 4) is 11.5 Å². The van der Waals surface area contributed by atoms with Crippen molar-refractivity contribution >= 4 is 23.6 Å². The molecule has 0 saturated carbocycles. The normalized spacial score (nSPS) is 10.6. The summed E-state index contributed by atoms with van der Waals surface area (Å²) in [7, 11) is 1.58. The third-order valence-corrected chi connectivity index (χ3v) is 3.90. The summed E-state index contributed by atoms with van der Waals surface area (Å²) < 4.78 is 16.0. The van der Waals surface area contributed by atoms with Crippen molar-refractivity contribution in [3.63, 3.8) is 0 Å². The molecule has 1 N–H and O–H groups in total. The van der Waals surface area contributed by atoms with Crippen LogP contribution in [0.5, 0.6) is 11.5 Å². The van der Waals surface area contributed by atoms with Gasteiger partial charge in [-0.25, -0.2) is 4.79 Å². The fraction of sp³-hybridized carbons (Fsp3) is 0.304. The number of esters is 1. The van der Waals surface area contributed by atoms with Crippen molar-refractivity contribution in [1.29, 1.82) is 0 Å². The molecule has 29 heavy (non-hydrogen) atoms. The lowest BCUT2D eigenvalue weighted by Crippen LogP contribution is -2.09. The van der Waals surface area contributed by atoms with Crippen LogP contribution < -0.4 is 14.8 Å². The highest BCUT2D eigenvalue weighted by Gasteiger charge is 2.07. The number of nitrogens with one attached hydrogen (secondary N) is 1. The molecule has 1 amide bonds. The Hall–Kier alpha value is -3.28. The first-order valence-corrected chi connectivity index (χ1v) is 9.64. The van der Waals surface area contributed by atoms with Crippen molar-refractivity contribution in [3.05, 3.63) is 59.7 Å². The van der Waals surface area contributed by atoms with Crippen LogP contribution in [0.2, 0.25) is 0 Å². The summed E-state index contributed by atoms with van der Waals surface area (Å²) in [4.78, 5) is 24.0. The second-order valence-electron chi connectivity index (χ2n) is 6.29. The van der Waals surface area contributed by atoms with Gasteiger partial charge in [0.05, 0.1) is 25.9 Å². The maximum Gasteiger partial charge on any atom is 0.338 e. The molecule has 0 heterocycles. The van der Waals surface area contributed by atoms with E-state index < -0.39 is 0 Å². The molecule has 6 nitrogen and oxygen atoms in total. The summed E-state index contributed by atoms with van der Waals surface area (Å²) in [6.07, 6.45) is 4.81. The van der Waals surface area contributed by atoms with E-state index in [-0.39, 0.29) is 11.9 Å². The summed E-state index contributed by atoms with van der Waals surface area (Å²) in [6, 6.07) is 12.1. The van der Waals surface area contributed by atoms with Crippen LogP contribution in [0.25, 0.3) is 6.08 Å². The Morgan fingerprint density at radius 1 is 0.966 bits per heavy atom. The molecular weight excluding hydrogens is 370 g/mol. The van der Waals surface area contributed by atoms with Crippen molar-refractivity contribution < 1.29 is 23.8 Å². The third kappa shape index (κ3) is 6.99. The number of rotatable bonds is 10. The van der Waals surface area contributed by atoms with Gasteiger partial charge in [-0.15, -0.1) is 0 Å². The Balaban J connectivity index is 1.96. The topological polar surface area (TPSA) is 73.9 Å². The monoisotopic (exact) mass is 397 g/mol. The molecular formula is C23H27NO5. The summed E-state index contributed by atoms with van der Waals surface area (Å²) >= 11 is 0. The van der Waals surface area contributed by atoms with Gasteiger partial charge in [-0.05, 0) is 60.9 Å². The van der Waals surface area contributed by atoms with Crippen LogP contribution in [0.15, 0.2) is 48.5 Å². The molecule has 0 unspecified atom stereocenters. The fourth-order valence-electron chi connectivity index (χ4n) is 2.44. The van der Waals surface area contributed by atoms with Gasteiger partial charge in [0.1, 0.15) is 0 Å². The number of carbonyl (C=O) groups excluding carboxylic acids is 2. The van der Waals surface area contributed by atoms with Gasteiger partial charge in [0, 0.05) is 11.8 Å². The van der Waals surface area contributed by atoms with E-state index in [9.17, 15) is 9.59 Å². The maximum atomic E-state index is 12.2. The zero-order chi connectivity index (χ0) is 21.1. The Bertz CT molecular complexity index is 843. The molecule has 0 bridgehead atoms. The Kier molecular flexibility index (Phi) is 8.76. The lowest BCUT2D eigenvalue weighted by molar-refractivity contribution is -0.111. The van der Waals surface area contributed by atoms with Gasteiger partial charge < -0.3 is 19.5 Å². The standard InChI is InChI=1S/C23H27NO5/c1-4-14-28-20-12-6-17(16-21(20)27-3)7-13-22(25)24-19-10-8-18(9-11-19)23(26)29-15-5-2/h6-13,16H,4-5,14-15H2,1-3H3,(H,24,25)/b13-7+. The molecule has 0 saturated heterocycles. The van der Waals surface area contributed by atoms with Gasteiger partial charge in [0.25, 0.3) is 0 Å². The van der Waals surface area contributed by atoms with E-state index >= 15 is 0 Å². The molecule has 0 fully saturated rings. The van der Waals surface area contributed by atoms with Gasteiger partial charge >= 0.3 is 5.97 Å². The van der Waals surface area contributed by atoms with Crippen LogP contribution in [0.1, 0.15) is 42.6 Å². The lowest BCUT2D eigenvalue weighted by atomic mass is 10.2. The molecule has 0 aromatic heterocycles. The molecule has 0 aliphatic rings. The molecule has 2 rings (SSSR count). The van der Waals surface area contributed by atoms with Gasteiger partial charge in [0.15, 0.2) is 11.5 Å². The number of anilines is 1. The van der Waals surface area contributed by atoms with E-state index in [2.05, 4.69) is 5.32 Å². The zero-order valence-electron chi connectivity index (χ0n) is 17.1. The number of hydrogen-bond donors (Lipinski definition) is 1. The van der Waals surface area contributed by atoms with Crippen LogP contribution in [0, 0.1) is 0 Å². The average Bonchev–Trinajstić information content (AvgIpc) is 2.75.